The molecule has 2 fully saturated rings. The smallest absolute Gasteiger partial charge is 0.152 e. The standard InChI is InChI=1S/C25H32Cl2N6O/c1-16(13-34-2)32-18-3-5-19(6-4-18)33-23-10-20(21(26)12-29-23)17-9-22(24(27)30-11-17)31-15-25(14-28)7-8-25/h9-12,16,18-19,31-32H,3-8,13,15H2,1-2H3,(H,29,33). The quantitative estimate of drug-likeness (QED) is 0.368. The summed E-state index contributed by atoms with van der Waals surface area (Å²) in [4.78, 5) is 8.84. The van der Waals surface area contributed by atoms with Crippen LogP contribution >= 0.6 is 23.2 Å². The van der Waals surface area contributed by atoms with Crippen molar-refractivity contribution in [2.75, 3.05) is 30.9 Å². The van der Waals surface area contributed by atoms with Crippen LogP contribution in [-0.4, -0.2) is 48.4 Å². The molecule has 182 valence electrons. The van der Waals surface area contributed by atoms with Crippen LogP contribution in [0, 0.1) is 16.7 Å². The fraction of sp³-hybridized carbons (Fsp3) is 0.560. The summed E-state index contributed by atoms with van der Waals surface area (Å²) in [5, 5.41) is 20.8. The Morgan fingerprint density at radius 2 is 1.88 bits per heavy atom. The number of nitrogens with zero attached hydrogens (tertiary/aromatic N) is 3. The van der Waals surface area contributed by atoms with E-state index in [1.807, 2.05) is 12.1 Å². The normalized spacial score (nSPS) is 22.0. The highest BCUT2D eigenvalue weighted by Crippen LogP contribution is 2.45. The zero-order valence-corrected chi connectivity index (χ0v) is 21.2. The second-order valence-electron chi connectivity index (χ2n) is 9.57. The van der Waals surface area contributed by atoms with E-state index in [4.69, 9.17) is 27.9 Å². The van der Waals surface area contributed by atoms with Crippen LogP contribution in [0.2, 0.25) is 10.2 Å². The van der Waals surface area contributed by atoms with Gasteiger partial charge in [-0.05, 0) is 57.6 Å². The lowest BCUT2D eigenvalue weighted by atomic mass is 9.90. The van der Waals surface area contributed by atoms with E-state index in [0.717, 1.165) is 62.1 Å². The van der Waals surface area contributed by atoms with Crippen molar-refractivity contribution in [2.45, 2.75) is 63.6 Å². The van der Waals surface area contributed by atoms with Crippen molar-refractivity contribution in [3.05, 3.63) is 34.7 Å². The Balaban J connectivity index is 1.40. The van der Waals surface area contributed by atoms with Gasteiger partial charge in [-0.2, -0.15) is 5.26 Å². The fourth-order valence-corrected chi connectivity index (χ4v) is 4.90. The second kappa shape index (κ2) is 11.1. The van der Waals surface area contributed by atoms with Crippen molar-refractivity contribution in [1.29, 1.82) is 5.26 Å². The molecule has 0 radical (unpaired) electrons. The average Bonchev–Trinajstić information content (AvgIpc) is 3.62. The molecule has 0 aliphatic heterocycles. The van der Waals surface area contributed by atoms with E-state index < -0.39 is 0 Å². The molecule has 2 heterocycles. The molecule has 34 heavy (non-hydrogen) atoms. The highest BCUT2D eigenvalue weighted by molar-refractivity contribution is 6.33. The zero-order valence-electron chi connectivity index (χ0n) is 19.7. The first-order chi connectivity index (χ1) is 16.4. The third kappa shape index (κ3) is 6.31. The first kappa shape index (κ1) is 25.0. The molecule has 2 aliphatic carbocycles. The molecular weight excluding hydrogens is 471 g/mol. The summed E-state index contributed by atoms with van der Waals surface area (Å²) in [6.07, 6.45) is 9.61. The van der Waals surface area contributed by atoms with Crippen LogP contribution in [0.3, 0.4) is 0 Å². The number of methoxy groups -OCH3 is 1. The molecule has 0 amide bonds. The van der Waals surface area contributed by atoms with Crippen LogP contribution < -0.4 is 16.0 Å². The largest absolute Gasteiger partial charge is 0.383 e. The molecule has 0 saturated heterocycles. The maximum atomic E-state index is 9.33. The highest BCUT2D eigenvalue weighted by atomic mass is 35.5. The monoisotopic (exact) mass is 502 g/mol. The number of hydrogen-bond donors (Lipinski definition) is 3. The fourth-order valence-electron chi connectivity index (χ4n) is 4.52. The van der Waals surface area contributed by atoms with Crippen LogP contribution in [0.1, 0.15) is 45.4 Å². The van der Waals surface area contributed by atoms with Crippen LogP contribution in [0.4, 0.5) is 11.5 Å². The molecule has 4 rings (SSSR count). The summed E-state index contributed by atoms with van der Waals surface area (Å²) in [6, 6.07) is 7.56. The van der Waals surface area contributed by atoms with Crippen LogP contribution in [0.25, 0.3) is 11.1 Å². The van der Waals surface area contributed by atoms with Crippen LogP contribution in [0.5, 0.6) is 0 Å². The highest BCUT2D eigenvalue weighted by Gasteiger charge is 2.43. The van der Waals surface area contributed by atoms with E-state index >= 15 is 0 Å². The zero-order chi connectivity index (χ0) is 24.1. The Labute approximate surface area is 211 Å². The van der Waals surface area contributed by atoms with Gasteiger partial charge in [-0.1, -0.05) is 23.2 Å². The third-order valence-corrected chi connectivity index (χ3v) is 7.33. The predicted molar refractivity (Wildman–Crippen MR) is 137 cm³/mol. The van der Waals surface area contributed by atoms with Gasteiger partial charge in [0.05, 0.1) is 28.8 Å². The number of hydrogen-bond acceptors (Lipinski definition) is 7. The van der Waals surface area contributed by atoms with E-state index in [-0.39, 0.29) is 5.41 Å². The minimum Gasteiger partial charge on any atom is -0.383 e. The van der Waals surface area contributed by atoms with Crippen molar-refractivity contribution in [1.82, 2.24) is 15.3 Å². The summed E-state index contributed by atoms with van der Waals surface area (Å²) in [5.74, 6) is 0.800. The molecule has 1 atom stereocenters. The van der Waals surface area contributed by atoms with Crippen molar-refractivity contribution < 1.29 is 4.74 Å². The molecule has 2 aromatic rings. The minimum absolute atomic E-state index is 0.277. The number of nitriles is 1. The summed E-state index contributed by atoms with van der Waals surface area (Å²) >= 11 is 12.8. The first-order valence-electron chi connectivity index (χ1n) is 11.9. The second-order valence-corrected chi connectivity index (χ2v) is 10.3. The molecule has 2 aromatic heterocycles. The lowest BCUT2D eigenvalue weighted by Crippen LogP contribution is -2.42. The van der Waals surface area contributed by atoms with Gasteiger partial charge in [-0.25, -0.2) is 9.97 Å². The topological polar surface area (TPSA) is 94.9 Å². The summed E-state index contributed by atoms with van der Waals surface area (Å²) in [7, 11) is 1.74. The van der Waals surface area contributed by atoms with Gasteiger partial charge in [0.1, 0.15) is 5.82 Å². The molecule has 2 saturated carbocycles. The van der Waals surface area contributed by atoms with Gasteiger partial charge in [0, 0.05) is 55.3 Å². The molecule has 0 bridgehead atoms. The molecule has 0 spiro atoms. The predicted octanol–water partition coefficient (Wildman–Crippen LogP) is 5.51. The van der Waals surface area contributed by atoms with Gasteiger partial charge in [-0.3, -0.25) is 0 Å². The Kier molecular flexibility index (Phi) is 8.15. The SMILES string of the molecule is COCC(C)NC1CCC(Nc2cc(-c3cnc(Cl)c(NCC4(C#N)CC4)c3)c(Cl)cn2)CC1. The number of halogens is 2. The molecule has 1 unspecified atom stereocenters. The number of aromatic nitrogens is 2. The van der Waals surface area contributed by atoms with Crippen molar-refractivity contribution in [3.8, 4) is 17.2 Å². The third-order valence-electron chi connectivity index (χ3n) is 6.73. The Morgan fingerprint density at radius 1 is 1.15 bits per heavy atom. The molecule has 7 nitrogen and oxygen atoms in total. The van der Waals surface area contributed by atoms with Gasteiger partial charge in [-0.15, -0.1) is 0 Å². The number of anilines is 2. The molecule has 0 aromatic carbocycles. The number of ether oxygens (including phenoxy) is 1. The van der Waals surface area contributed by atoms with E-state index in [9.17, 15) is 5.26 Å². The van der Waals surface area contributed by atoms with Crippen molar-refractivity contribution >= 4 is 34.7 Å². The summed E-state index contributed by atoms with van der Waals surface area (Å²) in [5.41, 5.74) is 2.12. The van der Waals surface area contributed by atoms with Crippen molar-refractivity contribution in [2.24, 2.45) is 5.41 Å². The molecular formula is C25H32Cl2N6O. The van der Waals surface area contributed by atoms with Crippen LogP contribution in [-0.2, 0) is 4.74 Å². The van der Waals surface area contributed by atoms with Crippen molar-refractivity contribution in [3.63, 3.8) is 0 Å². The van der Waals surface area contributed by atoms with Gasteiger partial charge < -0.3 is 20.7 Å². The van der Waals surface area contributed by atoms with E-state index in [1.165, 1.54) is 0 Å². The summed E-state index contributed by atoms with van der Waals surface area (Å²) in [6.45, 7) is 3.45. The first-order valence-corrected chi connectivity index (χ1v) is 12.6. The molecule has 2 aliphatic rings. The Morgan fingerprint density at radius 3 is 2.56 bits per heavy atom. The minimum atomic E-state index is -0.277. The lowest BCUT2D eigenvalue weighted by molar-refractivity contribution is 0.161. The Bertz CT molecular complexity index is 1030. The van der Waals surface area contributed by atoms with E-state index in [2.05, 4.69) is 38.9 Å². The maximum Gasteiger partial charge on any atom is 0.152 e. The van der Waals surface area contributed by atoms with Gasteiger partial charge in [0.25, 0.3) is 0 Å². The van der Waals surface area contributed by atoms with E-state index in [1.54, 1.807) is 19.5 Å². The number of pyridine rings is 2. The van der Waals surface area contributed by atoms with Crippen LogP contribution in [0.15, 0.2) is 24.5 Å². The maximum absolute atomic E-state index is 9.33. The van der Waals surface area contributed by atoms with Gasteiger partial charge >= 0.3 is 0 Å². The number of nitrogens with one attached hydrogen (secondary N) is 3. The van der Waals surface area contributed by atoms with Gasteiger partial charge in [0.2, 0.25) is 0 Å². The van der Waals surface area contributed by atoms with E-state index in [0.29, 0.717) is 40.5 Å². The lowest BCUT2D eigenvalue weighted by Gasteiger charge is -2.32. The summed E-state index contributed by atoms with van der Waals surface area (Å²) < 4.78 is 5.23. The molecule has 9 heteroatoms. The average molecular weight is 503 g/mol. The number of rotatable bonds is 10. The molecule has 3 N–H and O–H groups in total. The Hall–Kier alpha value is -2.11. The van der Waals surface area contributed by atoms with Gasteiger partial charge in [0.15, 0.2) is 5.15 Å².